The van der Waals surface area contributed by atoms with Crippen molar-refractivity contribution in [3.63, 3.8) is 0 Å². The van der Waals surface area contributed by atoms with Crippen molar-refractivity contribution >= 4 is 0 Å². The summed E-state index contributed by atoms with van der Waals surface area (Å²) >= 11 is 0. The average molecular weight is 184 g/mol. The van der Waals surface area contributed by atoms with Crippen LogP contribution in [0.25, 0.3) is 0 Å². The summed E-state index contributed by atoms with van der Waals surface area (Å²) in [5.41, 5.74) is 5.60. The highest BCUT2D eigenvalue weighted by atomic mass is 15.2. The molecule has 0 amide bonds. The highest BCUT2D eigenvalue weighted by Gasteiger charge is 2.26. The summed E-state index contributed by atoms with van der Waals surface area (Å²) in [5, 5.41) is 0. The molecule has 2 N–H and O–H groups in total. The number of rotatable bonds is 3. The highest BCUT2D eigenvalue weighted by molar-refractivity contribution is 4.79. The second-order valence-electron chi connectivity index (χ2n) is 4.69. The predicted molar refractivity (Wildman–Crippen MR) is 57.7 cm³/mol. The molecule has 2 atom stereocenters. The first-order valence-corrected chi connectivity index (χ1v) is 5.59. The van der Waals surface area contributed by atoms with Gasteiger partial charge in [0.1, 0.15) is 0 Å². The van der Waals surface area contributed by atoms with E-state index in [1.54, 1.807) is 0 Å². The first-order chi connectivity index (χ1) is 6.15. The van der Waals surface area contributed by atoms with Crippen LogP contribution >= 0.6 is 0 Å². The van der Waals surface area contributed by atoms with Crippen molar-refractivity contribution in [2.24, 2.45) is 17.6 Å². The van der Waals surface area contributed by atoms with E-state index in [0.717, 1.165) is 18.4 Å². The lowest BCUT2D eigenvalue weighted by atomic mass is 9.84. The Labute approximate surface area is 82.5 Å². The zero-order valence-corrected chi connectivity index (χ0v) is 9.29. The topological polar surface area (TPSA) is 29.3 Å². The largest absolute Gasteiger partial charge is 0.330 e. The first-order valence-electron chi connectivity index (χ1n) is 5.59. The standard InChI is InChI=1S/C11H24N2/c1-9(2)13-7-5-11(4-6-12)10(3)8-13/h9-11H,4-8,12H2,1-3H3/t10-,11+/m0/s1. The van der Waals surface area contributed by atoms with Gasteiger partial charge in [-0.25, -0.2) is 0 Å². The van der Waals surface area contributed by atoms with E-state index in [0.29, 0.717) is 6.04 Å². The molecule has 1 rings (SSSR count). The maximum absolute atomic E-state index is 5.60. The van der Waals surface area contributed by atoms with E-state index in [2.05, 4.69) is 25.7 Å². The summed E-state index contributed by atoms with van der Waals surface area (Å²) in [4.78, 5) is 2.58. The Bertz CT molecular complexity index is 145. The molecule has 0 aromatic rings. The monoisotopic (exact) mass is 184 g/mol. The van der Waals surface area contributed by atoms with Crippen molar-refractivity contribution in [2.75, 3.05) is 19.6 Å². The molecule has 0 aliphatic carbocycles. The molecule has 2 nitrogen and oxygen atoms in total. The van der Waals surface area contributed by atoms with Crippen molar-refractivity contribution in [2.45, 2.75) is 39.7 Å². The Balaban J connectivity index is 2.37. The third-order valence-corrected chi connectivity index (χ3v) is 3.38. The normalized spacial score (nSPS) is 31.2. The molecule has 0 spiro atoms. The van der Waals surface area contributed by atoms with Crippen LogP contribution in [-0.2, 0) is 0 Å². The van der Waals surface area contributed by atoms with Crippen molar-refractivity contribution in [1.29, 1.82) is 0 Å². The van der Waals surface area contributed by atoms with Gasteiger partial charge in [-0.05, 0) is 51.6 Å². The summed E-state index contributed by atoms with van der Waals surface area (Å²) in [5.74, 6) is 1.71. The molecule has 1 aliphatic rings. The minimum absolute atomic E-state index is 0.710. The van der Waals surface area contributed by atoms with Crippen molar-refractivity contribution in [3.8, 4) is 0 Å². The third-order valence-electron chi connectivity index (χ3n) is 3.38. The van der Waals surface area contributed by atoms with E-state index in [-0.39, 0.29) is 0 Å². The van der Waals surface area contributed by atoms with Crippen LogP contribution in [0.2, 0.25) is 0 Å². The van der Waals surface area contributed by atoms with Gasteiger partial charge in [-0.1, -0.05) is 6.92 Å². The predicted octanol–water partition coefficient (Wildman–Crippen LogP) is 1.70. The van der Waals surface area contributed by atoms with Crippen LogP contribution in [0.1, 0.15) is 33.6 Å². The summed E-state index contributed by atoms with van der Waals surface area (Å²) in [7, 11) is 0. The Kier molecular flexibility index (Phi) is 4.20. The lowest BCUT2D eigenvalue weighted by Gasteiger charge is -2.39. The second kappa shape index (κ2) is 4.97. The quantitative estimate of drug-likeness (QED) is 0.723. The second-order valence-corrected chi connectivity index (χ2v) is 4.69. The van der Waals surface area contributed by atoms with Crippen LogP contribution in [0.15, 0.2) is 0 Å². The molecule has 0 aromatic heterocycles. The molecule has 1 saturated heterocycles. The van der Waals surface area contributed by atoms with Gasteiger partial charge in [0.25, 0.3) is 0 Å². The molecular weight excluding hydrogens is 160 g/mol. The Morgan fingerprint density at radius 2 is 2.15 bits per heavy atom. The zero-order chi connectivity index (χ0) is 9.84. The summed E-state index contributed by atoms with van der Waals surface area (Å²) < 4.78 is 0. The molecule has 1 fully saturated rings. The molecule has 2 heteroatoms. The minimum atomic E-state index is 0.710. The summed E-state index contributed by atoms with van der Waals surface area (Å²) in [6.07, 6.45) is 2.56. The number of hydrogen-bond acceptors (Lipinski definition) is 2. The highest BCUT2D eigenvalue weighted by Crippen LogP contribution is 2.26. The van der Waals surface area contributed by atoms with Crippen LogP contribution in [0.3, 0.4) is 0 Å². The Morgan fingerprint density at radius 1 is 1.46 bits per heavy atom. The fraction of sp³-hybridized carbons (Fsp3) is 1.00. The Hall–Kier alpha value is -0.0800. The van der Waals surface area contributed by atoms with Crippen molar-refractivity contribution in [3.05, 3.63) is 0 Å². The smallest absolute Gasteiger partial charge is 0.00387 e. The van der Waals surface area contributed by atoms with Gasteiger partial charge >= 0.3 is 0 Å². The fourth-order valence-corrected chi connectivity index (χ4v) is 2.34. The van der Waals surface area contributed by atoms with E-state index in [9.17, 15) is 0 Å². The van der Waals surface area contributed by atoms with Gasteiger partial charge in [-0.3, -0.25) is 0 Å². The third kappa shape index (κ3) is 2.96. The molecule has 1 aliphatic heterocycles. The Morgan fingerprint density at radius 3 is 2.62 bits per heavy atom. The molecule has 0 bridgehead atoms. The molecule has 0 saturated carbocycles. The molecule has 0 radical (unpaired) electrons. The van der Waals surface area contributed by atoms with Crippen LogP contribution in [-0.4, -0.2) is 30.6 Å². The zero-order valence-electron chi connectivity index (χ0n) is 9.29. The SMILES string of the molecule is CC(C)N1CC[C@@H](CCN)[C@@H](C)C1. The van der Waals surface area contributed by atoms with Crippen LogP contribution in [0, 0.1) is 11.8 Å². The number of nitrogens with zero attached hydrogens (tertiary/aromatic N) is 1. The van der Waals surface area contributed by atoms with E-state index in [1.807, 2.05) is 0 Å². The molecule has 0 aromatic carbocycles. The number of likely N-dealkylation sites (tertiary alicyclic amines) is 1. The van der Waals surface area contributed by atoms with Crippen molar-refractivity contribution in [1.82, 2.24) is 4.90 Å². The molecular formula is C11H24N2. The maximum Gasteiger partial charge on any atom is 0.00387 e. The first kappa shape index (κ1) is 11.0. The fourth-order valence-electron chi connectivity index (χ4n) is 2.34. The molecule has 0 unspecified atom stereocenters. The van der Waals surface area contributed by atoms with E-state index >= 15 is 0 Å². The molecule has 13 heavy (non-hydrogen) atoms. The maximum atomic E-state index is 5.60. The lowest BCUT2D eigenvalue weighted by Crippen LogP contribution is -2.43. The average Bonchev–Trinajstić information content (AvgIpc) is 2.08. The van der Waals surface area contributed by atoms with Gasteiger partial charge in [0, 0.05) is 12.6 Å². The summed E-state index contributed by atoms with van der Waals surface area (Å²) in [6.45, 7) is 10.3. The minimum Gasteiger partial charge on any atom is -0.330 e. The molecule has 1 heterocycles. The van der Waals surface area contributed by atoms with Crippen LogP contribution in [0.5, 0.6) is 0 Å². The lowest BCUT2D eigenvalue weighted by molar-refractivity contribution is 0.0990. The van der Waals surface area contributed by atoms with Gasteiger partial charge in [0.15, 0.2) is 0 Å². The van der Waals surface area contributed by atoms with Crippen molar-refractivity contribution < 1.29 is 0 Å². The van der Waals surface area contributed by atoms with Gasteiger partial charge in [-0.2, -0.15) is 0 Å². The van der Waals surface area contributed by atoms with E-state index in [1.165, 1.54) is 25.9 Å². The van der Waals surface area contributed by atoms with E-state index < -0.39 is 0 Å². The van der Waals surface area contributed by atoms with Gasteiger partial charge in [0.05, 0.1) is 0 Å². The number of nitrogens with two attached hydrogens (primary N) is 1. The van der Waals surface area contributed by atoms with Gasteiger partial charge < -0.3 is 10.6 Å². The number of hydrogen-bond donors (Lipinski definition) is 1. The number of piperidine rings is 1. The van der Waals surface area contributed by atoms with Crippen LogP contribution in [0.4, 0.5) is 0 Å². The summed E-state index contributed by atoms with van der Waals surface area (Å²) in [6, 6.07) is 0.710. The molecule has 78 valence electrons. The van der Waals surface area contributed by atoms with Crippen LogP contribution < -0.4 is 5.73 Å². The van der Waals surface area contributed by atoms with E-state index in [4.69, 9.17) is 5.73 Å². The van der Waals surface area contributed by atoms with Gasteiger partial charge in [-0.15, -0.1) is 0 Å². The van der Waals surface area contributed by atoms with Gasteiger partial charge in [0.2, 0.25) is 0 Å².